The van der Waals surface area contributed by atoms with Crippen LogP contribution < -0.4 is 10.0 Å². The molecule has 9 heteroatoms. The van der Waals surface area contributed by atoms with Crippen LogP contribution in [-0.2, 0) is 16.6 Å². The number of sulfonamides is 1. The quantitative estimate of drug-likeness (QED) is 0.466. The smallest absolute Gasteiger partial charge is 0.229 e. The summed E-state index contributed by atoms with van der Waals surface area (Å²) in [7, 11) is -3.31. The third-order valence-electron chi connectivity index (χ3n) is 5.62. The second-order valence-electron chi connectivity index (χ2n) is 8.49. The van der Waals surface area contributed by atoms with Crippen molar-refractivity contribution in [1.29, 1.82) is 0 Å². The van der Waals surface area contributed by atoms with Crippen LogP contribution >= 0.6 is 0 Å². The Morgan fingerprint density at radius 2 is 1.88 bits per heavy atom. The van der Waals surface area contributed by atoms with Crippen LogP contribution in [0.25, 0.3) is 11.3 Å². The van der Waals surface area contributed by atoms with Crippen LogP contribution in [0.4, 0.5) is 17.2 Å². The maximum Gasteiger partial charge on any atom is 0.229 e. The molecule has 2 heterocycles. The average molecular weight is 468 g/mol. The molecule has 3 aromatic rings. The molecule has 33 heavy (non-hydrogen) atoms. The number of benzene rings is 2. The lowest BCUT2D eigenvalue weighted by atomic mass is 9.98. The zero-order valence-electron chi connectivity index (χ0n) is 18.6. The van der Waals surface area contributed by atoms with E-state index in [1.54, 1.807) is 24.3 Å². The summed E-state index contributed by atoms with van der Waals surface area (Å²) in [5.74, 6) is 1.02. The Morgan fingerprint density at radius 1 is 1.09 bits per heavy atom. The van der Waals surface area contributed by atoms with Gasteiger partial charge in [0.2, 0.25) is 10.0 Å². The third-order valence-corrected chi connectivity index (χ3v) is 6.22. The fraction of sp³-hybridized carbons (Fsp3) is 0.333. The molecular formula is C24H29N5O3S. The molecule has 0 amide bonds. The number of rotatable bonds is 8. The summed E-state index contributed by atoms with van der Waals surface area (Å²) in [6.45, 7) is 3.10. The highest BCUT2D eigenvalue weighted by Gasteiger charge is 2.19. The molecule has 0 bridgehead atoms. The molecule has 1 fully saturated rings. The Hall–Kier alpha value is -3.01. The summed E-state index contributed by atoms with van der Waals surface area (Å²) < 4.78 is 25.2. The van der Waals surface area contributed by atoms with E-state index in [1.165, 1.54) is 11.9 Å². The standard InChI is InChI=1S/C24H29N5O3S/c1-33(31,32)28-22-9-7-21(8-10-22)27-24-13-23(25-17-26-24)20-6-2-4-18(12-20)14-29-11-3-5-19(15-29)16-30/h2,4,6-10,12-13,17,19,28,30H,3,5,11,14-16H2,1H3,(H,25,26,27). The second-order valence-corrected chi connectivity index (χ2v) is 10.2. The van der Waals surface area contributed by atoms with Crippen LogP contribution in [0.1, 0.15) is 18.4 Å². The van der Waals surface area contributed by atoms with Gasteiger partial charge in [0.1, 0.15) is 12.1 Å². The topological polar surface area (TPSA) is 107 Å². The number of aliphatic hydroxyl groups is 1. The lowest BCUT2D eigenvalue weighted by Crippen LogP contribution is -2.36. The van der Waals surface area contributed by atoms with Crippen molar-refractivity contribution in [2.75, 3.05) is 36.0 Å². The van der Waals surface area contributed by atoms with Gasteiger partial charge >= 0.3 is 0 Å². The zero-order chi connectivity index (χ0) is 23.3. The number of nitrogens with one attached hydrogen (secondary N) is 2. The van der Waals surface area contributed by atoms with E-state index in [-0.39, 0.29) is 6.61 Å². The SMILES string of the molecule is CS(=O)(=O)Nc1ccc(Nc2cc(-c3cccc(CN4CCCC(CO)C4)c3)ncn2)cc1. The maximum atomic E-state index is 11.4. The summed E-state index contributed by atoms with van der Waals surface area (Å²) in [6.07, 6.45) is 4.87. The number of hydrogen-bond donors (Lipinski definition) is 3. The largest absolute Gasteiger partial charge is 0.396 e. The first-order valence-corrected chi connectivity index (χ1v) is 12.9. The lowest BCUT2D eigenvalue weighted by Gasteiger charge is -2.31. The van der Waals surface area contributed by atoms with Crippen molar-refractivity contribution in [3.8, 4) is 11.3 Å². The fourth-order valence-electron chi connectivity index (χ4n) is 4.10. The minimum atomic E-state index is -3.31. The second kappa shape index (κ2) is 10.3. The van der Waals surface area contributed by atoms with Crippen molar-refractivity contribution in [3.63, 3.8) is 0 Å². The molecule has 1 aliphatic rings. The molecule has 1 aromatic heterocycles. The molecular weight excluding hydrogens is 438 g/mol. The van der Waals surface area contributed by atoms with E-state index in [4.69, 9.17) is 0 Å². The monoisotopic (exact) mass is 467 g/mol. The van der Waals surface area contributed by atoms with Crippen molar-refractivity contribution in [2.45, 2.75) is 19.4 Å². The molecule has 1 atom stereocenters. The molecule has 8 nitrogen and oxygen atoms in total. The molecule has 0 saturated carbocycles. The number of piperidine rings is 1. The molecule has 4 rings (SSSR count). The zero-order valence-corrected chi connectivity index (χ0v) is 19.4. The van der Waals surface area contributed by atoms with E-state index < -0.39 is 10.0 Å². The van der Waals surface area contributed by atoms with E-state index in [9.17, 15) is 13.5 Å². The summed E-state index contributed by atoms with van der Waals surface area (Å²) in [4.78, 5) is 11.2. The minimum absolute atomic E-state index is 0.254. The normalized spacial score (nSPS) is 17.0. The van der Waals surface area contributed by atoms with Gasteiger partial charge in [0, 0.05) is 42.7 Å². The molecule has 3 N–H and O–H groups in total. The van der Waals surface area contributed by atoms with Gasteiger partial charge in [0.15, 0.2) is 0 Å². The average Bonchev–Trinajstić information content (AvgIpc) is 2.80. The van der Waals surface area contributed by atoms with Crippen LogP contribution in [0.15, 0.2) is 60.9 Å². The number of anilines is 3. The van der Waals surface area contributed by atoms with Crippen molar-refractivity contribution in [2.24, 2.45) is 5.92 Å². The van der Waals surface area contributed by atoms with Crippen molar-refractivity contribution >= 4 is 27.2 Å². The minimum Gasteiger partial charge on any atom is -0.396 e. The van der Waals surface area contributed by atoms with Crippen molar-refractivity contribution in [3.05, 3.63) is 66.5 Å². The predicted molar refractivity (Wildman–Crippen MR) is 131 cm³/mol. The van der Waals surface area contributed by atoms with Crippen LogP contribution in [0, 0.1) is 5.92 Å². The highest BCUT2D eigenvalue weighted by molar-refractivity contribution is 7.92. The first-order valence-electron chi connectivity index (χ1n) is 11.0. The molecule has 0 spiro atoms. The molecule has 2 aromatic carbocycles. The van der Waals surface area contributed by atoms with Gasteiger partial charge < -0.3 is 10.4 Å². The fourth-order valence-corrected chi connectivity index (χ4v) is 4.66. The van der Waals surface area contributed by atoms with Gasteiger partial charge in [-0.15, -0.1) is 0 Å². The van der Waals surface area contributed by atoms with Crippen LogP contribution in [-0.4, -0.2) is 54.3 Å². The molecule has 174 valence electrons. The first-order chi connectivity index (χ1) is 15.9. The van der Waals surface area contributed by atoms with E-state index in [0.717, 1.165) is 55.7 Å². The Kier molecular flexibility index (Phi) is 7.22. The number of nitrogens with zero attached hydrogens (tertiary/aromatic N) is 3. The van der Waals surface area contributed by atoms with E-state index >= 15 is 0 Å². The first kappa shape index (κ1) is 23.2. The number of aliphatic hydroxyl groups excluding tert-OH is 1. The molecule has 0 radical (unpaired) electrons. The van der Waals surface area contributed by atoms with Gasteiger partial charge in [-0.3, -0.25) is 9.62 Å². The van der Waals surface area contributed by atoms with Crippen molar-refractivity contribution in [1.82, 2.24) is 14.9 Å². The van der Waals surface area contributed by atoms with E-state index in [0.29, 0.717) is 17.4 Å². The Morgan fingerprint density at radius 3 is 2.64 bits per heavy atom. The van der Waals surface area contributed by atoms with Crippen molar-refractivity contribution < 1.29 is 13.5 Å². The molecule has 1 aliphatic heterocycles. The Labute approximate surface area is 194 Å². The predicted octanol–water partition coefficient (Wildman–Crippen LogP) is 3.46. The lowest BCUT2D eigenvalue weighted by molar-refractivity contribution is 0.116. The summed E-state index contributed by atoms with van der Waals surface area (Å²) >= 11 is 0. The van der Waals surface area contributed by atoms with Gasteiger partial charge in [-0.05, 0) is 61.2 Å². The molecule has 0 aliphatic carbocycles. The van der Waals surface area contributed by atoms with Gasteiger partial charge in [0.25, 0.3) is 0 Å². The highest BCUT2D eigenvalue weighted by Crippen LogP contribution is 2.24. The Balaban J connectivity index is 1.45. The highest BCUT2D eigenvalue weighted by atomic mass is 32.2. The van der Waals surface area contributed by atoms with E-state index in [1.807, 2.05) is 18.2 Å². The summed E-state index contributed by atoms with van der Waals surface area (Å²) in [5.41, 5.74) is 4.34. The van der Waals surface area contributed by atoms with E-state index in [2.05, 4.69) is 37.0 Å². The third kappa shape index (κ3) is 6.74. The molecule has 1 saturated heterocycles. The van der Waals surface area contributed by atoms with Crippen LogP contribution in [0.5, 0.6) is 0 Å². The summed E-state index contributed by atoms with van der Waals surface area (Å²) in [5, 5.41) is 12.7. The van der Waals surface area contributed by atoms with Crippen LogP contribution in [0.3, 0.4) is 0 Å². The van der Waals surface area contributed by atoms with Gasteiger partial charge in [-0.1, -0.05) is 18.2 Å². The maximum absolute atomic E-state index is 11.4. The van der Waals surface area contributed by atoms with Gasteiger partial charge in [-0.25, -0.2) is 18.4 Å². The van der Waals surface area contributed by atoms with Crippen LogP contribution in [0.2, 0.25) is 0 Å². The van der Waals surface area contributed by atoms with Gasteiger partial charge in [-0.2, -0.15) is 0 Å². The Bertz CT molecular complexity index is 1180. The number of aromatic nitrogens is 2. The summed E-state index contributed by atoms with van der Waals surface area (Å²) in [6, 6.07) is 17.2. The number of likely N-dealkylation sites (tertiary alicyclic amines) is 1. The number of hydrogen-bond acceptors (Lipinski definition) is 7. The molecule has 1 unspecified atom stereocenters. The van der Waals surface area contributed by atoms with Gasteiger partial charge in [0.05, 0.1) is 11.9 Å².